The van der Waals surface area contributed by atoms with Crippen LogP contribution in [0.4, 0.5) is 5.69 Å². The summed E-state index contributed by atoms with van der Waals surface area (Å²) in [6.45, 7) is 7.00. The first kappa shape index (κ1) is 13.9. The van der Waals surface area contributed by atoms with Gasteiger partial charge < -0.3 is 5.32 Å². The SMILES string of the molecule is CCc1cc(Br)ccc1NC1CCC(C)(C)CC1. The van der Waals surface area contributed by atoms with Crippen molar-refractivity contribution in [1.82, 2.24) is 0 Å². The lowest BCUT2D eigenvalue weighted by Crippen LogP contribution is -2.30. The van der Waals surface area contributed by atoms with Crippen molar-refractivity contribution in [3.63, 3.8) is 0 Å². The van der Waals surface area contributed by atoms with Gasteiger partial charge in [0.25, 0.3) is 0 Å². The highest BCUT2D eigenvalue weighted by Gasteiger charge is 2.26. The number of anilines is 1. The van der Waals surface area contributed by atoms with Crippen molar-refractivity contribution in [3.05, 3.63) is 28.2 Å². The first-order chi connectivity index (χ1) is 8.50. The van der Waals surface area contributed by atoms with Crippen LogP contribution >= 0.6 is 15.9 Å². The summed E-state index contributed by atoms with van der Waals surface area (Å²) in [7, 11) is 0. The molecule has 1 fully saturated rings. The fraction of sp³-hybridized carbons (Fsp3) is 0.625. The van der Waals surface area contributed by atoms with E-state index in [0.29, 0.717) is 11.5 Å². The van der Waals surface area contributed by atoms with Gasteiger partial charge in [-0.25, -0.2) is 0 Å². The summed E-state index contributed by atoms with van der Waals surface area (Å²) < 4.78 is 1.18. The summed E-state index contributed by atoms with van der Waals surface area (Å²) in [5.41, 5.74) is 3.28. The van der Waals surface area contributed by atoms with Crippen LogP contribution in [0.3, 0.4) is 0 Å². The van der Waals surface area contributed by atoms with Crippen molar-refractivity contribution < 1.29 is 0 Å². The lowest BCUT2D eigenvalue weighted by Gasteiger charge is -2.35. The molecule has 0 heterocycles. The molecular formula is C16H24BrN. The van der Waals surface area contributed by atoms with Gasteiger partial charge in [-0.2, -0.15) is 0 Å². The number of aryl methyl sites for hydroxylation is 1. The Labute approximate surface area is 119 Å². The molecule has 1 N–H and O–H groups in total. The molecule has 0 radical (unpaired) electrons. The standard InChI is InChI=1S/C16H24BrN/c1-4-12-11-13(17)5-6-15(12)18-14-7-9-16(2,3)10-8-14/h5-6,11,14,18H,4,7-10H2,1-3H3. The van der Waals surface area contributed by atoms with E-state index in [-0.39, 0.29) is 0 Å². The smallest absolute Gasteiger partial charge is 0.0375 e. The van der Waals surface area contributed by atoms with Crippen LogP contribution in [0.25, 0.3) is 0 Å². The predicted molar refractivity (Wildman–Crippen MR) is 83.2 cm³/mol. The first-order valence-electron chi connectivity index (χ1n) is 7.05. The second-order valence-electron chi connectivity index (χ2n) is 6.24. The molecule has 1 aromatic carbocycles. The summed E-state index contributed by atoms with van der Waals surface area (Å²) in [5.74, 6) is 0. The Morgan fingerprint density at radius 2 is 1.94 bits per heavy atom. The van der Waals surface area contributed by atoms with E-state index in [1.807, 2.05) is 0 Å². The van der Waals surface area contributed by atoms with E-state index >= 15 is 0 Å². The second kappa shape index (κ2) is 5.64. The Kier molecular flexibility index (Phi) is 4.37. The Bertz CT molecular complexity index is 402. The topological polar surface area (TPSA) is 12.0 Å². The highest BCUT2D eigenvalue weighted by Crippen LogP contribution is 2.36. The Morgan fingerprint density at radius 3 is 2.56 bits per heavy atom. The maximum atomic E-state index is 3.74. The molecule has 0 aliphatic heterocycles. The molecular weight excluding hydrogens is 286 g/mol. The maximum Gasteiger partial charge on any atom is 0.0375 e. The van der Waals surface area contributed by atoms with Gasteiger partial charge in [-0.15, -0.1) is 0 Å². The zero-order chi connectivity index (χ0) is 13.2. The van der Waals surface area contributed by atoms with Gasteiger partial charge in [0.2, 0.25) is 0 Å². The molecule has 2 rings (SSSR count). The van der Waals surface area contributed by atoms with Crippen molar-refractivity contribution in [1.29, 1.82) is 0 Å². The van der Waals surface area contributed by atoms with Gasteiger partial charge in [0.15, 0.2) is 0 Å². The summed E-state index contributed by atoms with van der Waals surface area (Å²) in [4.78, 5) is 0. The van der Waals surface area contributed by atoms with Crippen LogP contribution in [0.2, 0.25) is 0 Å². The fourth-order valence-electron chi connectivity index (χ4n) is 2.76. The van der Waals surface area contributed by atoms with E-state index in [4.69, 9.17) is 0 Å². The van der Waals surface area contributed by atoms with Crippen molar-refractivity contribution in [2.24, 2.45) is 5.41 Å². The van der Waals surface area contributed by atoms with Gasteiger partial charge in [0.1, 0.15) is 0 Å². The molecule has 0 amide bonds. The molecule has 1 aromatic rings. The quantitative estimate of drug-likeness (QED) is 0.789. The normalized spacial score (nSPS) is 19.8. The third-order valence-corrected chi connectivity index (χ3v) is 4.64. The first-order valence-corrected chi connectivity index (χ1v) is 7.84. The van der Waals surface area contributed by atoms with Crippen LogP contribution in [0.1, 0.15) is 52.0 Å². The summed E-state index contributed by atoms with van der Waals surface area (Å²) in [6.07, 6.45) is 6.35. The van der Waals surface area contributed by atoms with Crippen molar-refractivity contribution >= 4 is 21.6 Å². The fourth-order valence-corrected chi connectivity index (χ4v) is 3.17. The molecule has 0 saturated heterocycles. The van der Waals surface area contributed by atoms with E-state index < -0.39 is 0 Å². The number of halogens is 1. The van der Waals surface area contributed by atoms with Crippen LogP contribution in [0, 0.1) is 5.41 Å². The summed E-state index contributed by atoms with van der Waals surface area (Å²) in [6, 6.07) is 7.23. The van der Waals surface area contributed by atoms with Gasteiger partial charge >= 0.3 is 0 Å². The van der Waals surface area contributed by atoms with Gasteiger partial charge in [-0.05, 0) is 61.3 Å². The minimum atomic E-state index is 0.547. The molecule has 1 aliphatic rings. The van der Waals surface area contributed by atoms with Gasteiger partial charge in [0, 0.05) is 16.2 Å². The third kappa shape index (κ3) is 3.50. The van der Waals surface area contributed by atoms with Crippen molar-refractivity contribution in [3.8, 4) is 0 Å². The maximum absolute atomic E-state index is 3.74. The van der Waals surface area contributed by atoms with E-state index in [0.717, 1.165) is 6.42 Å². The molecule has 0 bridgehead atoms. The lowest BCUT2D eigenvalue weighted by atomic mass is 9.75. The number of benzene rings is 1. The van der Waals surface area contributed by atoms with Gasteiger partial charge in [-0.3, -0.25) is 0 Å². The highest BCUT2D eigenvalue weighted by molar-refractivity contribution is 9.10. The van der Waals surface area contributed by atoms with E-state index in [2.05, 4.69) is 60.2 Å². The molecule has 1 nitrogen and oxygen atoms in total. The van der Waals surface area contributed by atoms with Crippen LogP contribution in [0.5, 0.6) is 0 Å². The van der Waals surface area contributed by atoms with E-state index in [9.17, 15) is 0 Å². The molecule has 18 heavy (non-hydrogen) atoms. The average molecular weight is 310 g/mol. The average Bonchev–Trinajstić information content (AvgIpc) is 2.34. The Balaban J connectivity index is 2.02. The molecule has 0 spiro atoms. The summed E-state index contributed by atoms with van der Waals surface area (Å²) >= 11 is 3.55. The number of rotatable bonds is 3. The largest absolute Gasteiger partial charge is 0.382 e. The van der Waals surface area contributed by atoms with Gasteiger partial charge in [0.05, 0.1) is 0 Å². The predicted octanol–water partition coefficient (Wildman–Crippen LogP) is 5.39. The van der Waals surface area contributed by atoms with Crippen LogP contribution < -0.4 is 5.32 Å². The van der Waals surface area contributed by atoms with Crippen LogP contribution in [-0.2, 0) is 6.42 Å². The monoisotopic (exact) mass is 309 g/mol. The second-order valence-corrected chi connectivity index (χ2v) is 7.15. The minimum absolute atomic E-state index is 0.547. The molecule has 0 unspecified atom stereocenters. The molecule has 2 heteroatoms. The Hall–Kier alpha value is -0.500. The van der Waals surface area contributed by atoms with E-state index in [1.54, 1.807) is 0 Å². The molecule has 100 valence electrons. The summed E-state index contributed by atoms with van der Waals surface area (Å²) in [5, 5.41) is 3.74. The third-order valence-electron chi connectivity index (χ3n) is 4.15. The lowest BCUT2D eigenvalue weighted by molar-refractivity contribution is 0.232. The van der Waals surface area contributed by atoms with Crippen molar-refractivity contribution in [2.75, 3.05) is 5.32 Å². The molecule has 0 aromatic heterocycles. The number of nitrogens with one attached hydrogen (secondary N) is 1. The molecule has 0 atom stereocenters. The highest BCUT2D eigenvalue weighted by atomic mass is 79.9. The zero-order valence-corrected chi connectivity index (χ0v) is 13.3. The van der Waals surface area contributed by atoms with Crippen LogP contribution in [-0.4, -0.2) is 6.04 Å². The van der Waals surface area contributed by atoms with E-state index in [1.165, 1.54) is 41.4 Å². The van der Waals surface area contributed by atoms with Crippen LogP contribution in [0.15, 0.2) is 22.7 Å². The van der Waals surface area contributed by atoms with Gasteiger partial charge in [-0.1, -0.05) is 36.7 Å². The number of hydrogen-bond acceptors (Lipinski definition) is 1. The van der Waals surface area contributed by atoms with Crippen molar-refractivity contribution in [2.45, 2.75) is 58.9 Å². The Morgan fingerprint density at radius 1 is 1.28 bits per heavy atom. The molecule has 1 saturated carbocycles. The zero-order valence-electron chi connectivity index (χ0n) is 11.7. The molecule has 1 aliphatic carbocycles. The minimum Gasteiger partial charge on any atom is -0.382 e. The number of hydrogen-bond donors (Lipinski definition) is 1.